The molecule has 0 aromatic heterocycles. The topological polar surface area (TPSA) is 75.7 Å². The van der Waals surface area contributed by atoms with Crippen LogP contribution in [0, 0.1) is 6.92 Å². The molecule has 8 heteroatoms. The number of carbonyl (C=O) groups is 1. The molecule has 29 heavy (non-hydrogen) atoms. The highest BCUT2D eigenvalue weighted by molar-refractivity contribution is 7.92. The first-order valence-corrected chi connectivity index (χ1v) is 11.6. The van der Waals surface area contributed by atoms with Crippen LogP contribution < -0.4 is 14.4 Å². The monoisotopic (exact) mass is 436 g/mol. The molecule has 0 saturated carbocycles. The molecular formula is C21H25ClN2O4S. The van der Waals surface area contributed by atoms with Gasteiger partial charge in [-0.25, -0.2) is 8.42 Å². The van der Waals surface area contributed by atoms with Gasteiger partial charge in [0.25, 0.3) is 0 Å². The van der Waals surface area contributed by atoms with Gasteiger partial charge in [-0.3, -0.25) is 9.10 Å². The highest BCUT2D eigenvalue weighted by atomic mass is 35.5. The van der Waals surface area contributed by atoms with E-state index in [4.69, 9.17) is 16.3 Å². The quantitative estimate of drug-likeness (QED) is 0.750. The van der Waals surface area contributed by atoms with Crippen LogP contribution in [0.1, 0.15) is 35.6 Å². The molecule has 1 aliphatic rings. The fraction of sp³-hybridized carbons (Fsp3) is 0.381. The Morgan fingerprint density at radius 3 is 2.69 bits per heavy atom. The molecule has 2 aromatic carbocycles. The van der Waals surface area contributed by atoms with E-state index in [2.05, 4.69) is 5.32 Å². The first-order valence-electron chi connectivity index (χ1n) is 9.39. The number of hydrogen-bond acceptors (Lipinski definition) is 4. The maximum Gasteiger partial charge on any atom is 0.241 e. The zero-order valence-electron chi connectivity index (χ0n) is 16.7. The third-order valence-electron chi connectivity index (χ3n) is 5.11. The number of carbonyl (C=O) groups excluding carboxylic acids is 1. The van der Waals surface area contributed by atoms with Crippen LogP contribution in [0.2, 0.25) is 5.02 Å². The van der Waals surface area contributed by atoms with Crippen molar-refractivity contribution in [2.45, 2.75) is 32.2 Å². The minimum Gasteiger partial charge on any atom is -0.497 e. The van der Waals surface area contributed by atoms with Gasteiger partial charge >= 0.3 is 0 Å². The zero-order valence-corrected chi connectivity index (χ0v) is 18.3. The molecule has 0 spiro atoms. The van der Waals surface area contributed by atoms with E-state index in [1.165, 1.54) is 0 Å². The van der Waals surface area contributed by atoms with Gasteiger partial charge in [0.15, 0.2) is 0 Å². The number of sulfonamides is 1. The largest absolute Gasteiger partial charge is 0.497 e. The van der Waals surface area contributed by atoms with E-state index in [1.54, 1.807) is 32.2 Å². The Hall–Kier alpha value is -2.25. The molecule has 6 nitrogen and oxygen atoms in total. The Bertz CT molecular complexity index is 1020. The fourth-order valence-corrected chi connectivity index (χ4v) is 4.86. The number of rotatable bonds is 6. The molecule has 0 heterocycles. The minimum atomic E-state index is -3.65. The molecule has 0 radical (unpaired) electrons. The summed E-state index contributed by atoms with van der Waals surface area (Å²) in [6.45, 7) is 1.48. The molecule has 0 aliphatic heterocycles. The fourth-order valence-electron chi connectivity index (χ4n) is 3.72. The molecule has 0 fully saturated rings. The lowest BCUT2D eigenvalue weighted by Crippen LogP contribution is -2.42. The van der Waals surface area contributed by atoms with Crippen molar-refractivity contribution in [1.29, 1.82) is 0 Å². The van der Waals surface area contributed by atoms with Gasteiger partial charge in [-0.1, -0.05) is 17.7 Å². The Labute approximate surface area is 176 Å². The summed E-state index contributed by atoms with van der Waals surface area (Å²) >= 11 is 5.98. The molecule has 156 valence electrons. The maximum atomic E-state index is 12.8. The van der Waals surface area contributed by atoms with E-state index in [9.17, 15) is 13.2 Å². The number of aryl methyl sites for hydroxylation is 2. The average molecular weight is 437 g/mol. The van der Waals surface area contributed by atoms with E-state index >= 15 is 0 Å². The van der Waals surface area contributed by atoms with Gasteiger partial charge in [0.2, 0.25) is 15.9 Å². The van der Waals surface area contributed by atoms with Crippen molar-refractivity contribution in [2.24, 2.45) is 0 Å². The third-order valence-corrected chi connectivity index (χ3v) is 6.48. The number of amides is 1. The highest BCUT2D eigenvalue weighted by Gasteiger charge is 2.26. The van der Waals surface area contributed by atoms with Crippen LogP contribution >= 0.6 is 11.6 Å². The van der Waals surface area contributed by atoms with E-state index in [0.29, 0.717) is 16.3 Å². The van der Waals surface area contributed by atoms with Crippen LogP contribution in [0.5, 0.6) is 5.75 Å². The lowest BCUT2D eigenvalue weighted by molar-refractivity contribution is -0.120. The number of hydrogen-bond donors (Lipinski definition) is 1. The third kappa shape index (κ3) is 5.03. The van der Waals surface area contributed by atoms with Gasteiger partial charge in [0, 0.05) is 5.02 Å². The lowest BCUT2D eigenvalue weighted by atomic mass is 9.87. The van der Waals surface area contributed by atoms with Crippen LogP contribution in [-0.2, 0) is 21.2 Å². The van der Waals surface area contributed by atoms with Gasteiger partial charge in [0.05, 0.1) is 25.1 Å². The first-order chi connectivity index (χ1) is 13.7. The number of nitrogens with zero attached hydrogens (tertiary/aromatic N) is 1. The first kappa shape index (κ1) is 21.5. The van der Waals surface area contributed by atoms with Crippen molar-refractivity contribution in [1.82, 2.24) is 5.32 Å². The summed E-state index contributed by atoms with van der Waals surface area (Å²) in [5, 5.41) is 3.52. The Kier molecular flexibility index (Phi) is 6.39. The molecule has 3 rings (SSSR count). The van der Waals surface area contributed by atoms with Crippen LogP contribution in [0.15, 0.2) is 36.4 Å². The predicted octanol–water partition coefficient (Wildman–Crippen LogP) is 3.62. The number of ether oxygens (including phenoxy) is 1. The highest BCUT2D eigenvalue weighted by Crippen LogP contribution is 2.32. The van der Waals surface area contributed by atoms with Crippen LogP contribution in [-0.4, -0.2) is 34.2 Å². The number of methoxy groups -OCH3 is 1. The summed E-state index contributed by atoms with van der Waals surface area (Å²) in [5.41, 5.74) is 3.33. The molecular weight excluding hydrogens is 412 g/mol. The van der Waals surface area contributed by atoms with Crippen molar-refractivity contribution in [3.8, 4) is 5.75 Å². The Morgan fingerprint density at radius 1 is 1.28 bits per heavy atom. The number of fused-ring (bicyclic) bond motifs is 1. The van der Waals surface area contributed by atoms with E-state index in [-0.39, 0.29) is 18.5 Å². The zero-order chi connectivity index (χ0) is 21.2. The minimum absolute atomic E-state index is 0.148. The second-order valence-corrected chi connectivity index (χ2v) is 9.62. The summed E-state index contributed by atoms with van der Waals surface area (Å²) in [7, 11) is -2.02. The second-order valence-electron chi connectivity index (χ2n) is 7.28. The van der Waals surface area contributed by atoms with Crippen molar-refractivity contribution in [2.75, 3.05) is 24.2 Å². The smallest absolute Gasteiger partial charge is 0.241 e. The molecule has 2 aromatic rings. The SMILES string of the molecule is COc1ccc2c(c1)CCCC2NC(=O)CN(c1ccc(Cl)cc1C)S(C)(=O)=O. The van der Waals surface area contributed by atoms with E-state index in [0.717, 1.165) is 46.7 Å². The van der Waals surface area contributed by atoms with E-state index < -0.39 is 10.0 Å². The van der Waals surface area contributed by atoms with Crippen molar-refractivity contribution in [3.63, 3.8) is 0 Å². The average Bonchev–Trinajstić information content (AvgIpc) is 2.65. The Morgan fingerprint density at radius 2 is 2.03 bits per heavy atom. The second kappa shape index (κ2) is 8.63. The van der Waals surface area contributed by atoms with Gasteiger partial charge in [-0.2, -0.15) is 0 Å². The predicted molar refractivity (Wildman–Crippen MR) is 115 cm³/mol. The Balaban J connectivity index is 1.80. The number of nitrogens with one attached hydrogen (secondary N) is 1. The van der Waals surface area contributed by atoms with Crippen molar-refractivity contribution in [3.05, 3.63) is 58.1 Å². The molecule has 1 amide bonds. The molecule has 0 saturated heterocycles. The van der Waals surface area contributed by atoms with Crippen LogP contribution in [0.4, 0.5) is 5.69 Å². The molecule has 1 unspecified atom stereocenters. The standard InChI is InChI=1S/C21H25ClN2O4S/c1-14-11-16(22)7-10-20(14)24(29(3,26)27)13-21(25)23-19-6-4-5-15-12-17(28-2)8-9-18(15)19/h7-12,19H,4-6,13H2,1-3H3,(H,23,25). The van der Waals surface area contributed by atoms with Gasteiger partial charge in [-0.15, -0.1) is 0 Å². The number of halogens is 1. The number of anilines is 1. The van der Waals surface area contributed by atoms with Crippen LogP contribution in [0.25, 0.3) is 0 Å². The summed E-state index contributed by atoms with van der Waals surface area (Å²) in [5.74, 6) is 0.440. The molecule has 1 aliphatic carbocycles. The van der Waals surface area contributed by atoms with E-state index in [1.807, 2.05) is 18.2 Å². The van der Waals surface area contributed by atoms with Crippen molar-refractivity contribution >= 4 is 33.2 Å². The molecule has 1 N–H and O–H groups in total. The van der Waals surface area contributed by atoms with Gasteiger partial charge in [-0.05, 0) is 73.2 Å². The number of benzene rings is 2. The molecule has 1 atom stereocenters. The summed E-state index contributed by atoms with van der Waals surface area (Å²) in [4.78, 5) is 12.8. The summed E-state index contributed by atoms with van der Waals surface area (Å²) in [6.07, 6.45) is 3.77. The normalized spacial score (nSPS) is 16.1. The summed E-state index contributed by atoms with van der Waals surface area (Å²) < 4.78 is 31.1. The maximum absolute atomic E-state index is 12.8. The lowest BCUT2D eigenvalue weighted by Gasteiger charge is -2.29. The van der Waals surface area contributed by atoms with Crippen molar-refractivity contribution < 1.29 is 17.9 Å². The molecule has 0 bridgehead atoms. The van der Waals surface area contributed by atoms with Crippen LogP contribution in [0.3, 0.4) is 0 Å². The van der Waals surface area contributed by atoms with Gasteiger partial charge < -0.3 is 10.1 Å². The van der Waals surface area contributed by atoms with Gasteiger partial charge in [0.1, 0.15) is 12.3 Å². The summed E-state index contributed by atoms with van der Waals surface area (Å²) in [6, 6.07) is 10.6.